The predicted octanol–water partition coefficient (Wildman–Crippen LogP) is 2.91. The summed E-state index contributed by atoms with van der Waals surface area (Å²) in [4.78, 5) is 11.5. The molecule has 0 fully saturated rings. The van der Waals surface area contributed by atoms with Crippen molar-refractivity contribution in [2.24, 2.45) is 17.6 Å². The second-order valence-electron chi connectivity index (χ2n) is 4.50. The zero-order valence-corrected chi connectivity index (χ0v) is 9.81. The summed E-state index contributed by atoms with van der Waals surface area (Å²) in [6.07, 6.45) is -4.55. The Kier molecular flexibility index (Phi) is 6.64. The van der Waals surface area contributed by atoms with E-state index in [-0.39, 0.29) is 31.1 Å². The van der Waals surface area contributed by atoms with E-state index in [9.17, 15) is 18.0 Å². The smallest absolute Gasteiger partial charge is 0.330 e. The van der Waals surface area contributed by atoms with Crippen molar-refractivity contribution < 1.29 is 18.0 Å². The maximum atomic E-state index is 11.9. The maximum Gasteiger partial charge on any atom is 0.389 e. The number of carbonyl (C=O) groups is 1. The number of hydrogen-bond acceptors (Lipinski definition) is 2. The highest BCUT2D eigenvalue weighted by Crippen LogP contribution is 2.23. The van der Waals surface area contributed by atoms with E-state index in [1.807, 2.05) is 13.8 Å². The van der Waals surface area contributed by atoms with E-state index < -0.39 is 12.6 Å². The van der Waals surface area contributed by atoms with Crippen molar-refractivity contribution in [3.63, 3.8) is 0 Å². The molecule has 0 amide bonds. The van der Waals surface area contributed by atoms with Crippen molar-refractivity contribution in [1.29, 1.82) is 0 Å². The van der Waals surface area contributed by atoms with Crippen LogP contribution in [0.4, 0.5) is 13.2 Å². The molecule has 0 bridgehead atoms. The first-order valence-corrected chi connectivity index (χ1v) is 5.55. The third-order valence-electron chi connectivity index (χ3n) is 2.38. The first-order chi connectivity index (χ1) is 7.26. The number of rotatable bonds is 7. The van der Waals surface area contributed by atoms with Crippen molar-refractivity contribution in [3.8, 4) is 0 Å². The van der Waals surface area contributed by atoms with Crippen LogP contribution >= 0.6 is 0 Å². The molecule has 0 spiro atoms. The summed E-state index contributed by atoms with van der Waals surface area (Å²) in [7, 11) is 0. The van der Waals surface area contributed by atoms with Gasteiger partial charge in [0, 0.05) is 25.3 Å². The Bertz CT molecular complexity index is 214. The monoisotopic (exact) mass is 239 g/mol. The average molecular weight is 239 g/mol. The third-order valence-corrected chi connectivity index (χ3v) is 2.38. The molecule has 2 nitrogen and oxygen atoms in total. The minimum atomic E-state index is -4.17. The molecule has 0 saturated heterocycles. The van der Waals surface area contributed by atoms with Crippen molar-refractivity contribution in [1.82, 2.24) is 0 Å². The van der Waals surface area contributed by atoms with Crippen molar-refractivity contribution in [2.75, 3.05) is 6.54 Å². The highest BCUT2D eigenvalue weighted by molar-refractivity contribution is 5.81. The van der Waals surface area contributed by atoms with Crippen LogP contribution in [0.15, 0.2) is 0 Å². The van der Waals surface area contributed by atoms with Crippen molar-refractivity contribution in [3.05, 3.63) is 0 Å². The molecular weight excluding hydrogens is 219 g/mol. The van der Waals surface area contributed by atoms with Gasteiger partial charge in [-0.2, -0.15) is 13.2 Å². The number of ketones is 1. The molecule has 0 aromatic rings. The van der Waals surface area contributed by atoms with Gasteiger partial charge in [-0.05, 0) is 18.8 Å². The van der Waals surface area contributed by atoms with E-state index in [0.717, 1.165) is 0 Å². The highest BCUT2D eigenvalue weighted by atomic mass is 19.4. The fourth-order valence-electron chi connectivity index (χ4n) is 1.60. The summed E-state index contributed by atoms with van der Waals surface area (Å²) in [5.74, 6) is -0.0891. The molecule has 1 unspecified atom stereocenters. The van der Waals surface area contributed by atoms with Gasteiger partial charge in [-0.25, -0.2) is 0 Å². The summed E-state index contributed by atoms with van der Waals surface area (Å²) >= 11 is 0. The second kappa shape index (κ2) is 6.89. The number of hydrogen-bond donors (Lipinski definition) is 1. The fraction of sp³-hybridized carbons (Fsp3) is 0.909. The molecule has 16 heavy (non-hydrogen) atoms. The van der Waals surface area contributed by atoms with Crippen LogP contribution in [-0.4, -0.2) is 18.5 Å². The molecule has 0 heterocycles. The molecular formula is C11H20F3NO. The first kappa shape index (κ1) is 15.4. The molecule has 0 aliphatic heterocycles. The van der Waals surface area contributed by atoms with Gasteiger partial charge < -0.3 is 5.73 Å². The Hall–Kier alpha value is -0.580. The number of carbonyl (C=O) groups excluding carboxylic acids is 1. The van der Waals surface area contributed by atoms with Crippen LogP contribution in [0, 0.1) is 11.8 Å². The summed E-state index contributed by atoms with van der Waals surface area (Å²) in [6.45, 7) is 4.15. The molecule has 0 saturated carbocycles. The molecule has 0 aliphatic rings. The van der Waals surface area contributed by atoms with Gasteiger partial charge in [0.15, 0.2) is 0 Å². The van der Waals surface area contributed by atoms with Gasteiger partial charge in [0.05, 0.1) is 0 Å². The minimum absolute atomic E-state index is 0.0197. The maximum absolute atomic E-state index is 11.9. The number of halogens is 3. The summed E-state index contributed by atoms with van der Waals surface area (Å²) < 4.78 is 35.6. The lowest BCUT2D eigenvalue weighted by Crippen LogP contribution is -2.25. The topological polar surface area (TPSA) is 43.1 Å². The van der Waals surface area contributed by atoms with Crippen LogP contribution in [0.2, 0.25) is 0 Å². The van der Waals surface area contributed by atoms with Gasteiger partial charge in [-0.3, -0.25) is 4.79 Å². The average Bonchev–Trinajstić information content (AvgIpc) is 2.11. The quantitative estimate of drug-likeness (QED) is 0.742. The van der Waals surface area contributed by atoms with E-state index in [0.29, 0.717) is 12.3 Å². The Labute approximate surface area is 94.4 Å². The fourth-order valence-corrected chi connectivity index (χ4v) is 1.60. The van der Waals surface area contributed by atoms with Gasteiger partial charge in [-0.1, -0.05) is 13.8 Å². The Balaban J connectivity index is 3.93. The van der Waals surface area contributed by atoms with Gasteiger partial charge in [-0.15, -0.1) is 0 Å². The predicted molar refractivity (Wildman–Crippen MR) is 56.9 cm³/mol. The largest absolute Gasteiger partial charge is 0.389 e. The zero-order chi connectivity index (χ0) is 12.8. The van der Waals surface area contributed by atoms with Crippen LogP contribution in [-0.2, 0) is 4.79 Å². The van der Waals surface area contributed by atoms with Gasteiger partial charge in [0.1, 0.15) is 5.78 Å². The summed E-state index contributed by atoms with van der Waals surface area (Å²) in [5.41, 5.74) is 5.44. The summed E-state index contributed by atoms with van der Waals surface area (Å²) in [5, 5.41) is 0. The molecule has 0 aliphatic carbocycles. The van der Waals surface area contributed by atoms with E-state index in [1.165, 1.54) is 0 Å². The third kappa shape index (κ3) is 7.68. The molecule has 0 rings (SSSR count). The van der Waals surface area contributed by atoms with E-state index in [1.54, 1.807) is 0 Å². The normalized spacial score (nSPS) is 14.2. The molecule has 2 N–H and O–H groups in total. The SMILES string of the molecule is CC(C)CC(CN)C(=O)CCCC(F)(F)F. The number of Topliss-reactive ketones (excluding diaryl/α,β-unsaturated/α-hetero) is 1. The van der Waals surface area contributed by atoms with Crippen LogP contribution in [0.25, 0.3) is 0 Å². The van der Waals surface area contributed by atoms with Gasteiger partial charge in [0.25, 0.3) is 0 Å². The Morgan fingerprint density at radius 1 is 1.31 bits per heavy atom. The van der Waals surface area contributed by atoms with E-state index >= 15 is 0 Å². The lowest BCUT2D eigenvalue weighted by Gasteiger charge is -2.15. The van der Waals surface area contributed by atoms with Crippen LogP contribution < -0.4 is 5.73 Å². The van der Waals surface area contributed by atoms with Crippen molar-refractivity contribution in [2.45, 2.75) is 45.7 Å². The number of alkyl halides is 3. The molecule has 5 heteroatoms. The van der Waals surface area contributed by atoms with Crippen LogP contribution in [0.3, 0.4) is 0 Å². The molecule has 0 radical (unpaired) electrons. The molecule has 0 aromatic heterocycles. The minimum Gasteiger partial charge on any atom is -0.330 e. The van der Waals surface area contributed by atoms with Gasteiger partial charge >= 0.3 is 6.18 Å². The second-order valence-corrected chi connectivity index (χ2v) is 4.50. The van der Waals surface area contributed by atoms with Crippen molar-refractivity contribution >= 4 is 5.78 Å². The summed E-state index contributed by atoms with van der Waals surface area (Å²) in [6, 6.07) is 0. The number of nitrogens with two attached hydrogens (primary N) is 1. The van der Waals surface area contributed by atoms with Crippen LogP contribution in [0.5, 0.6) is 0 Å². The van der Waals surface area contributed by atoms with E-state index in [2.05, 4.69) is 0 Å². The molecule has 0 aromatic carbocycles. The molecule has 1 atom stereocenters. The Morgan fingerprint density at radius 3 is 2.25 bits per heavy atom. The zero-order valence-electron chi connectivity index (χ0n) is 9.81. The van der Waals surface area contributed by atoms with E-state index in [4.69, 9.17) is 5.73 Å². The molecule has 96 valence electrons. The first-order valence-electron chi connectivity index (χ1n) is 5.55. The highest BCUT2D eigenvalue weighted by Gasteiger charge is 2.27. The van der Waals surface area contributed by atoms with Gasteiger partial charge in [0.2, 0.25) is 0 Å². The Morgan fingerprint density at radius 2 is 1.88 bits per heavy atom. The standard InChI is InChI=1S/C11H20F3NO/c1-8(2)6-9(7-15)10(16)4-3-5-11(12,13)14/h8-9H,3-7,15H2,1-2H3. The lowest BCUT2D eigenvalue weighted by molar-refractivity contribution is -0.137. The van der Waals surface area contributed by atoms with Crippen LogP contribution in [0.1, 0.15) is 39.5 Å². The lowest BCUT2D eigenvalue weighted by atomic mass is 9.91.